The van der Waals surface area contributed by atoms with Crippen LogP contribution in [0.5, 0.6) is 0 Å². The van der Waals surface area contributed by atoms with E-state index in [0.717, 1.165) is 54.1 Å². The Hall–Kier alpha value is -3.53. The number of imidazole rings is 1. The van der Waals surface area contributed by atoms with Gasteiger partial charge >= 0.3 is 0 Å². The van der Waals surface area contributed by atoms with Gasteiger partial charge in [0.05, 0.1) is 24.1 Å². The van der Waals surface area contributed by atoms with Crippen LogP contribution in [0.1, 0.15) is 31.4 Å². The molecule has 1 saturated carbocycles. The summed E-state index contributed by atoms with van der Waals surface area (Å²) in [5.41, 5.74) is 9.43. The average Bonchev–Trinajstić information content (AvgIpc) is 3.40. The molecule has 31 heavy (non-hydrogen) atoms. The fourth-order valence-corrected chi connectivity index (χ4v) is 3.90. The molecule has 0 amide bonds. The highest BCUT2D eigenvalue weighted by Crippen LogP contribution is 2.23. The summed E-state index contributed by atoms with van der Waals surface area (Å²) in [6.07, 6.45) is 11.5. The first-order valence-electron chi connectivity index (χ1n) is 10.6. The lowest BCUT2D eigenvalue weighted by atomic mass is 9.92. The van der Waals surface area contributed by atoms with Crippen molar-refractivity contribution in [2.75, 3.05) is 10.6 Å². The Bertz CT molecular complexity index is 1150. The van der Waals surface area contributed by atoms with Crippen LogP contribution in [0.15, 0.2) is 43.0 Å². The van der Waals surface area contributed by atoms with Crippen LogP contribution in [0.25, 0.3) is 16.9 Å². The predicted octanol–water partition coefficient (Wildman–Crippen LogP) is 2.21. The molecule has 5 rings (SSSR count). The number of nitrogens with one attached hydrogen (secondary N) is 2. The van der Waals surface area contributed by atoms with Crippen molar-refractivity contribution in [1.82, 2.24) is 34.3 Å². The molecule has 10 nitrogen and oxygen atoms in total. The van der Waals surface area contributed by atoms with E-state index in [2.05, 4.69) is 30.7 Å². The van der Waals surface area contributed by atoms with Crippen molar-refractivity contribution in [3.63, 3.8) is 0 Å². The second kappa shape index (κ2) is 8.31. The van der Waals surface area contributed by atoms with E-state index >= 15 is 0 Å². The van der Waals surface area contributed by atoms with Crippen LogP contribution < -0.4 is 16.4 Å². The second-order valence-corrected chi connectivity index (χ2v) is 8.02. The Morgan fingerprint density at radius 3 is 2.55 bits per heavy atom. The summed E-state index contributed by atoms with van der Waals surface area (Å²) in [6.45, 7) is 0.568. The van der Waals surface area contributed by atoms with Crippen molar-refractivity contribution in [2.45, 2.75) is 44.3 Å². The predicted molar refractivity (Wildman–Crippen MR) is 118 cm³/mol. The molecule has 1 fully saturated rings. The number of fused-ring (bicyclic) bond motifs is 1. The molecule has 0 unspecified atom stereocenters. The van der Waals surface area contributed by atoms with E-state index in [9.17, 15) is 0 Å². The molecule has 0 saturated heterocycles. The topological polar surface area (TPSA) is 124 Å². The Labute approximate surface area is 179 Å². The van der Waals surface area contributed by atoms with E-state index in [0.29, 0.717) is 24.6 Å². The summed E-state index contributed by atoms with van der Waals surface area (Å²) in [4.78, 5) is 13.3. The fraction of sp³-hybridized carbons (Fsp3) is 0.381. The van der Waals surface area contributed by atoms with Gasteiger partial charge in [0.25, 0.3) is 0 Å². The smallest absolute Gasteiger partial charge is 0.222 e. The molecule has 0 aromatic carbocycles. The van der Waals surface area contributed by atoms with Gasteiger partial charge in [0, 0.05) is 43.3 Å². The standard InChI is InChI=1S/C21H26N10/c1-30-9-8-17(28-30)12-26-21-24-10-14(11-25-21)18-13-23-20-7-6-19(29-31(18)20)27-16-4-2-15(22)3-5-16/h6-11,13,15-16H,2-5,12,22H2,1H3,(H,27,29)(H,24,25,26). The van der Waals surface area contributed by atoms with Crippen LogP contribution in [0.3, 0.4) is 0 Å². The van der Waals surface area contributed by atoms with E-state index < -0.39 is 0 Å². The molecule has 4 N–H and O–H groups in total. The summed E-state index contributed by atoms with van der Waals surface area (Å²) in [7, 11) is 1.89. The average molecular weight is 419 g/mol. The van der Waals surface area contributed by atoms with Gasteiger partial charge < -0.3 is 16.4 Å². The van der Waals surface area contributed by atoms with E-state index in [4.69, 9.17) is 10.8 Å². The van der Waals surface area contributed by atoms with Crippen LogP contribution in [0, 0.1) is 0 Å². The Balaban J connectivity index is 1.31. The Morgan fingerprint density at radius 1 is 1.00 bits per heavy atom. The SMILES string of the molecule is Cn1ccc(CNc2ncc(-c3cnc4ccc(NC5CCC(N)CC5)nn34)cn2)n1. The van der Waals surface area contributed by atoms with Gasteiger partial charge in [-0.1, -0.05) is 0 Å². The van der Waals surface area contributed by atoms with Crippen molar-refractivity contribution in [3.8, 4) is 11.3 Å². The minimum atomic E-state index is 0.329. The number of rotatable bonds is 6. The van der Waals surface area contributed by atoms with Gasteiger partial charge in [0.1, 0.15) is 5.82 Å². The molecule has 0 spiro atoms. The van der Waals surface area contributed by atoms with Crippen LogP contribution in [0.2, 0.25) is 0 Å². The van der Waals surface area contributed by atoms with Gasteiger partial charge in [0.15, 0.2) is 5.65 Å². The van der Waals surface area contributed by atoms with Crippen molar-refractivity contribution >= 4 is 17.4 Å². The van der Waals surface area contributed by atoms with Crippen molar-refractivity contribution in [1.29, 1.82) is 0 Å². The number of nitrogens with zero attached hydrogens (tertiary/aromatic N) is 7. The van der Waals surface area contributed by atoms with Gasteiger partial charge in [-0.3, -0.25) is 4.68 Å². The molecule has 1 aliphatic carbocycles. The maximum atomic E-state index is 6.02. The number of anilines is 2. The lowest BCUT2D eigenvalue weighted by molar-refractivity contribution is 0.410. The summed E-state index contributed by atoms with van der Waals surface area (Å²) in [6, 6.07) is 6.64. The van der Waals surface area contributed by atoms with Crippen LogP contribution >= 0.6 is 0 Å². The quantitative estimate of drug-likeness (QED) is 0.435. The number of aromatic nitrogens is 7. The first kappa shape index (κ1) is 19.4. The second-order valence-electron chi connectivity index (χ2n) is 8.02. The number of aryl methyl sites for hydroxylation is 1. The van der Waals surface area contributed by atoms with E-state index in [1.54, 1.807) is 23.3 Å². The zero-order valence-corrected chi connectivity index (χ0v) is 17.4. The molecule has 160 valence electrons. The Morgan fingerprint density at radius 2 is 1.81 bits per heavy atom. The minimum Gasteiger partial charge on any atom is -0.366 e. The molecule has 0 radical (unpaired) electrons. The zero-order valence-electron chi connectivity index (χ0n) is 17.4. The monoisotopic (exact) mass is 418 g/mol. The van der Waals surface area contributed by atoms with Crippen LogP contribution in [-0.2, 0) is 13.6 Å². The maximum Gasteiger partial charge on any atom is 0.222 e. The number of hydrogen-bond donors (Lipinski definition) is 3. The third-order valence-electron chi connectivity index (χ3n) is 5.63. The molecule has 0 aliphatic heterocycles. The lowest BCUT2D eigenvalue weighted by Gasteiger charge is -2.27. The minimum absolute atomic E-state index is 0.329. The maximum absolute atomic E-state index is 6.02. The van der Waals surface area contributed by atoms with Crippen LogP contribution in [-0.4, -0.2) is 46.4 Å². The fourth-order valence-electron chi connectivity index (χ4n) is 3.90. The summed E-state index contributed by atoms with van der Waals surface area (Å²) in [5, 5.41) is 15.8. The zero-order chi connectivity index (χ0) is 21.2. The molecule has 10 heteroatoms. The number of hydrogen-bond acceptors (Lipinski definition) is 8. The van der Waals surface area contributed by atoms with Gasteiger partial charge in [0.2, 0.25) is 5.95 Å². The van der Waals surface area contributed by atoms with E-state index in [-0.39, 0.29) is 0 Å². The largest absolute Gasteiger partial charge is 0.366 e. The third kappa shape index (κ3) is 4.33. The first-order valence-corrected chi connectivity index (χ1v) is 10.6. The third-order valence-corrected chi connectivity index (χ3v) is 5.63. The lowest BCUT2D eigenvalue weighted by Crippen LogP contribution is -2.33. The highest BCUT2D eigenvalue weighted by molar-refractivity contribution is 5.62. The highest BCUT2D eigenvalue weighted by Gasteiger charge is 2.19. The van der Waals surface area contributed by atoms with Crippen molar-refractivity contribution < 1.29 is 0 Å². The highest BCUT2D eigenvalue weighted by atomic mass is 15.3. The molecule has 4 aromatic rings. The number of nitrogens with two attached hydrogens (primary N) is 1. The Kier molecular flexibility index (Phi) is 5.21. The van der Waals surface area contributed by atoms with E-state index in [1.165, 1.54) is 0 Å². The molecule has 0 atom stereocenters. The normalized spacial score (nSPS) is 18.9. The summed E-state index contributed by atoms with van der Waals surface area (Å²) in [5.74, 6) is 1.39. The summed E-state index contributed by atoms with van der Waals surface area (Å²) < 4.78 is 3.60. The van der Waals surface area contributed by atoms with Gasteiger partial charge in [-0.15, -0.1) is 5.10 Å². The van der Waals surface area contributed by atoms with Crippen LogP contribution in [0.4, 0.5) is 11.8 Å². The first-order chi connectivity index (χ1) is 15.1. The van der Waals surface area contributed by atoms with Crippen molar-refractivity contribution in [3.05, 3.63) is 48.7 Å². The molecule has 4 heterocycles. The van der Waals surface area contributed by atoms with Crippen molar-refractivity contribution in [2.24, 2.45) is 12.8 Å². The molecule has 4 aromatic heterocycles. The van der Waals surface area contributed by atoms with Gasteiger partial charge in [-0.2, -0.15) is 5.10 Å². The summed E-state index contributed by atoms with van der Waals surface area (Å²) >= 11 is 0. The molecule has 0 bridgehead atoms. The molecular weight excluding hydrogens is 392 g/mol. The molecule has 1 aliphatic rings. The van der Waals surface area contributed by atoms with Gasteiger partial charge in [-0.05, 0) is 43.9 Å². The van der Waals surface area contributed by atoms with Gasteiger partial charge in [-0.25, -0.2) is 19.5 Å². The molecular formula is C21H26N10. The van der Waals surface area contributed by atoms with E-state index in [1.807, 2.05) is 36.0 Å².